The van der Waals surface area contributed by atoms with Gasteiger partial charge in [0.15, 0.2) is 5.60 Å². The molecule has 22 heavy (non-hydrogen) atoms. The number of nitrogen functional groups attached to an aromatic ring is 2. The van der Waals surface area contributed by atoms with Gasteiger partial charge in [-0.3, -0.25) is 9.59 Å². The van der Waals surface area contributed by atoms with E-state index in [4.69, 9.17) is 31.9 Å². The van der Waals surface area contributed by atoms with Crippen molar-refractivity contribution in [1.82, 2.24) is 9.97 Å². The van der Waals surface area contributed by atoms with E-state index in [0.717, 1.165) is 5.56 Å². The van der Waals surface area contributed by atoms with Crippen molar-refractivity contribution in [3.8, 4) is 0 Å². The summed E-state index contributed by atoms with van der Waals surface area (Å²) in [6, 6.07) is 0. The molecule has 11 nitrogen and oxygen atoms in total. The van der Waals surface area contributed by atoms with Crippen LogP contribution in [0.3, 0.4) is 0 Å². The fourth-order valence-electron chi connectivity index (χ4n) is 1.18. The van der Waals surface area contributed by atoms with E-state index in [-0.39, 0.29) is 5.95 Å². The fraction of sp³-hybridized carbons (Fsp3) is 0.364. The number of aromatic nitrogens is 2. The minimum Gasteiger partial charge on any atom is -0.481 e. The van der Waals surface area contributed by atoms with Crippen LogP contribution in [0.15, 0.2) is 6.20 Å². The number of carboxylic acids is 3. The lowest BCUT2D eigenvalue weighted by Gasteiger charge is -2.18. The molecule has 122 valence electrons. The summed E-state index contributed by atoms with van der Waals surface area (Å²) >= 11 is 0. The number of aryl methyl sites for hydroxylation is 1. The van der Waals surface area contributed by atoms with Crippen molar-refractivity contribution in [3.63, 3.8) is 0 Å². The predicted octanol–water partition coefficient (Wildman–Crippen LogP) is -1.30. The summed E-state index contributed by atoms with van der Waals surface area (Å²) in [4.78, 5) is 37.9. The number of aliphatic hydroxyl groups is 1. The topological polar surface area (TPSA) is 210 Å². The number of rotatable bonds is 5. The van der Waals surface area contributed by atoms with Crippen LogP contribution in [-0.4, -0.2) is 53.9 Å². The van der Waals surface area contributed by atoms with Crippen LogP contribution >= 0.6 is 0 Å². The molecule has 0 saturated carbocycles. The first-order valence-electron chi connectivity index (χ1n) is 5.72. The van der Waals surface area contributed by atoms with E-state index in [0.29, 0.717) is 5.82 Å². The average molecular weight is 316 g/mol. The normalized spacial score (nSPS) is 10.3. The number of hydrogen-bond acceptors (Lipinski definition) is 8. The van der Waals surface area contributed by atoms with Crippen LogP contribution in [0.4, 0.5) is 11.8 Å². The van der Waals surface area contributed by atoms with Crippen LogP contribution < -0.4 is 11.5 Å². The van der Waals surface area contributed by atoms with Crippen LogP contribution in [0.5, 0.6) is 0 Å². The fourth-order valence-corrected chi connectivity index (χ4v) is 1.18. The highest BCUT2D eigenvalue weighted by atomic mass is 16.4. The summed E-state index contributed by atoms with van der Waals surface area (Å²) in [6.45, 7) is 1.83. The van der Waals surface area contributed by atoms with E-state index >= 15 is 0 Å². The van der Waals surface area contributed by atoms with Crippen LogP contribution in [-0.2, 0) is 14.4 Å². The first-order valence-corrected chi connectivity index (χ1v) is 5.72. The van der Waals surface area contributed by atoms with Gasteiger partial charge in [0.05, 0.1) is 12.8 Å². The second-order valence-corrected chi connectivity index (χ2v) is 4.27. The Morgan fingerprint density at radius 1 is 1.14 bits per heavy atom. The molecule has 0 aliphatic heterocycles. The zero-order valence-corrected chi connectivity index (χ0v) is 11.6. The second-order valence-electron chi connectivity index (χ2n) is 4.27. The highest BCUT2D eigenvalue weighted by Crippen LogP contribution is 2.15. The molecule has 11 heteroatoms. The lowest BCUT2D eigenvalue weighted by atomic mass is 9.96. The Balaban J connectivity index is 0.000000425. The molecule has 1 aromatic heterocycles. The minimum absolute atomic E-state index is 0.220. The van der Waals surface area contributed by atoms with Crippen molar-refractivity contribution in [1.29, 1.82) is 0 Å². The lowest BCUT2D eigenvalue weighted by molar-refractivity contribution is -0.170. The Hall–Kier alpha value is -2.95. The number of anilines is 2. The monoisotopic (exact) mass is 316 g/mol. The van der Waals surface area contributed by atoms with Gasteiger partial charge in [-0.15, -0.1) is 0 Å². The Bertz CT molecular complexity index is 560. The van der Waals surface area contributed by atoms with Gasteiger partial charge in [-0.2, -0.15) is 4.98 Å². The molecule has 0 unspecified atom stereocenters. The Morgan fingerprint density at radius 3 is 1.86 bits per heavy atom. The summed E-state index contributed by atoms with van der Waals surface area (Å²) in [5.41, 5.74) is 8.73. The van der Waals surface area contributed by atoms with Crippen LogP contribution in [0.1, 0.15) is 18.4 Å². The van der Waals surface area contributed by atoms with Gasteiger partial charge >= 0.3 is 17.9 Å². The molecule has 0 saturated heterocycles. The van der Waals surface area contributed by atoms with Crippen molar-refractivity contribution in [3.05, 3.63) is 11.8 Å². The standard InChI is InChI=1S/C6H8O7.C5H8N4/c7-3(8)1-6(13,5(11)12)2-4(9)10;1-3-2-8-5(7)9-4(3)6/h13H,1-2H2,(H,7,8)(H,9,10)(H,11,12);2H,1H3,(H4,6,7,8,9). The number of nitrogens with zero attached hydrogens (tertiary/aromatic N) is 2. The molecule has 1 rings (SSSR count). The molecular weight excluding hydrogens is 300 g/mol. The Labute approximate surface area is 124 Å². The molecule has 0 bridgehead atoms. The van der Waals surface area contributed by atoms with Gasteiger partial charge in [0.1, 0.15) is 5.82 Å². The highest BCUT2D eigenvalue weighted by Gasteiger charge is 2.40. The summed E-state index contributed by atoms with van der Waals surface area (Å²) in [5.74, 6) is -4.35. The van der Waals surface area contributed by atoms with Gasteiger partial charge in [-0.25, -0.2) is 9.78 Å². The van der Waals surface area contributed by atoms with Gasteiger partial charge in [-0.1, -0.05) is 0 Å². The van der Waals surface area contributed by atoms with Crippen molar-refractivity contribution >= 4 is 29.7 Å². The predicted molar refractivity (Wildman–Crippen MR) is 72.7 cm³/mol. The summed E-state index contributed by atoms with van der Waals surface area (Å²) in [5, 5.41) is 33.8. The van der Waals surface area contributed by atoms with E-state index in [1.165, 1.54) is 0 Å². The van der Waals surface area contributed by atoms with Crippen LogP contribution in [0, 0.1) is 6.92 Å². The molecule has 0 atom stereocenters. The third kappa shape index (κ3) is 6.47. The molecule has 8 N–H and O–H groups in total. The second kappa shape index (κ2) is 7.73. The first-order chi connectivity index (χ1) is 9.97. The summed E-state index contributed by atoms with van der Waals surface area (Å²) < 4.78 is 0. The van der Waals surface area contributed by atoms with Crippen LogP contribution in [0.25, 0.3) is 0 Å². The molecule has 0 spiro atoms. The van der Waals surface area contributed by atoms with Crippen molar-refractivity contribution in [2.24, 2.45) is 0 Å². The Morgan fingerprint density at radius 2 is 1.59 bits per heavy atom. The molecule has 0 amide bonds. The number of aliphatic carboxylic acids is 3. The molecule has 1 aromatic rings. The molecule has 0 aromatic carbocycles. The number of hydrogen-bond donors (Lipinski definition) is 6. The van der Waals surface area contributed by atoms with E-state index in [2.05, 4.69) is 9.97 Å². The SMILES string of the molecule is Cc1cnc(N)nc1N.O=C(O)CC(O)(CC(=O)O)C(=O)O. The molecule has 1 heterocycles. The summed E-state index contributed by atoms with van der Waals surface area (Å²) in [7, 11) is 0. The first kappa shape index (κ1) is 19.1. The van der Waals surface area contributed by atoms with Crippen molar-refractivity contribution < 1.29 is 34.8 Å². The highest BCUT2D eigenvalue weighted by molar-refractivity contribution is 5.88. The quantitative estimate of drug-likeness (QED) is 0.375. The zero-order chi connectivity index (χ0) is 17.5. The van der Waals surface area contributed by atoms with E-state index in [9.17, 15) is 14.4 Å². The minimum atomic E-state index is -2.74. The van der Waals surface area contributed by atoms with E-state index in [1.54, 1.807) is 6.20 Å². The average Bonchev–Trinajstić information content (AvgIpc) is 2.32. The molecule has 0 aliphatic carbocycles. The number of carboxylic acid groups (broad SMARTS) is 3. The molecule has 0 radical (unpaired) electrons. The molecule has 0 aliphatic rings. The maximum Gasteiger partial charge on any atom is 0.336 e. The summed E-state index contributed by atoms with van der Waals surface area (Å²) in [6.07, 6.45) is -0.694. The van der Waals surface area contributed by atoms with Gasteiger partial charge in [-0.05, 0) is 6.92 Å². The number of carbonyl (C=O) groups is 3. The third-order valence-electron chi connectivity index (χ3n) is 2.31. The lowest BCUT2D eigenvalue weighted by Crippen LogP contribution is -2.42. The van der Waals surface area contributed by atoms with E-state index < -0.39 is 36.4 Å². The van der Waals surface area contributed by atoms with Gasteiger partial charge in [0.2, 0.25) is 5.95 Å². The number of nitrogens with two attached hydrogens (primary N) is 2. The molecular formula is C11H16N4O7. The maximum absolute atomic E-state index is 10.3. The maximum atomic E-state index is 10.3. The third-order valence-corrected chi connectivity index (χ3v) is 2.31. The largest absolute Gasteiger partial charge is 0.481 e. The van der Waals surface area contributed by atoms with Gasteiger partial charge in [0, 0.05) is 11.8 Å². The van der Waals surface area contributed by atoms with Crippen LogP contribution in [0.2, 0.25) is 0 Å². The zero-order valence-electron chi connectivity index (χ0n) is 11.6. The smallest absolute Gasteiger partial charge is 0.336 e. The Kier molecular flexibility index (Phi) is 6.70. The molecule has 0 fully saturated rings. The van der Waals surface area contributed by atoms with Gasteiger partial charge in [0.25, 0.3) is 0 Å². The van der Waals surface area contributed by atoms with Crippen molar-refractivity contribution in [2.45, 2.75) is 25.4 Å². The van der Waals surface area contributed by atoms with Gasteiger partial charge < -0.3 is 31.9 Å². The van der Waals surface area contributed by atoms with Crippen molar-refractivity contribution in [2.75, 3.05) is 11.5 Å². The van der Waals surface area contributed by atoms with E-state index in [1.807, 2.05) is 6.92 Å².